The number of unbranched alkanes of at least 4 members (excludes halogenated alkanes) is 11. The molecule has 0 fully saturated rings. The van der Waals surface area contributed by atoms with Gasteiger partial charge in [0.2, 0.25) is 0 Å². The number of nitrogens with zero attached hydrogens (tertiary/aromatic N) is 3. The number of aromatic amines is 1. The lowest BCUT2D eigenvalue weighted by molar-refractivity contribution is 0.0951. The summed E-state index contributed by atoms with van der Waals surface area (Å²) in [5.74, 6) is 0.217. The van der Waals surface area contributed by atoms with Gasteiger partial charge in [-0.25, -0.2) is 0 Å². The van der Waals surface area contributed by atoms with Gasteiger partial charge in [0.05, 0.1) is 5.69 Å². The minimum atomic E-state index is -0.261. The fourth-order valence-electron chi connectivity index (χ4n) is 5.40. The number of fused-ring (bicyclic) bond motifs is 1. The molecule has 0 aliphatic carbocycles. The maximum Gasteiger partial charge on any atom is 0.255 e. The quantitative estimate of drug-likeness (QED) is 0.101. The predicted molar refractivity (Wildman–Crippen MR) is 184 cm³/mol. The van der Waals surface area contributed by atoms with Crippen molar-refractivity contribution >= 4 is 34.7 Å². The summed E-state index contributed by atoms with van der Waals surface area (Å²) in [5.41, 5.74) is 3.62. The molecule has 2 amide bonds. The fraction of sp³-hybridized carbons (Fsp3) is 0.500. The number of nitrogens with one attached hydrogen (secondary N) is 3. The highest BCUT2D eigenvalue weighted by Crippen LogP contribution is 2.32. The molecule has 0 radical (unpaired) electrons. The Bertz CT molecular complexity index is 1530. The second kappa shape index (κ2) is 16.6. The number of halogens is 1. The van der Waals surface area contributed by atoms with E-state index in [-0.39, 0.29) is 17.2 Å². The second-order valence-corrected chi connectivity index (χ2v) is 13.4. The maximum atomic E-state index is 13.0. The van der Waals surface area contributed by atoms with Crippen molar-refractivity contribution in [3.63, 3.8) is 0 Å². The van der Waals surface area contributed by atoms with Crippen LogP contribution in [0.25, 0.3) is 17.0 Å². The molecule has 0 saturated heterocycles. The third-order valence-corrected chi connectivity index (χ3v) is 8.43. The van der Waals surface area contributed by atoms with E-state index in [0.717, 1.165) is 24.1 Å². The van der Waals surface area contributed by atoms with Crippen LogP contribution < -0.4 is 10.6 Å². The van der Waals surface area contributed by atoms with E-state index in [1.165, 1.54) is 68.8 Å². The lowest BCUT2D eigenvalue weighted by Gasteiger charge is -2.14. The van der Waals surface area contributed by atoms with Gasteiger partial charge in [-0.1, -0.05) is 122 Å². The number of anilines is 1. The molecule has 0 aliphatic rings. The topological polar surface area (TPSA) is 104 Å². The summed E-state index contributed by atoms with van der Waals surface area (Å²) in [6, 6.07) is 14.1. The zero-order chi connectivity index (χ0) is 32.2. The summed E-state index contributed by atoms with van der Waals surface area (Å²) in [7, 11) is 0. The van der Waals surface area contributed by atoms with Crippen LogP contribution in [0.15, 0.2) is 48.5 Å². The number of amides is 2. The SMILES string of the molecule is CCCCCCCCCCCCCCNC(=O)c1ccc(C(=O)Nc2cccc(-c3nn4nc(C(C)(C)C)c(Cl)c4[nH]3)c2)cc1. The van der Waals surface area contributed by atoms with Crippen LogP contribution in [0.2, 0.25) is 5.02 Å². The van der Waals surface area contributed by atoms with Crippen molar-refractivity contribution in [3.8, 4) is 11.4 Å². The Hall–Kier alpha value is -3.65. The van der Waals surface area contributed by atoms with Gasteiger partial charge in [0.15, 0.2) is 11.5 Å². The Balaban J connectivity index is 1.19. The van der Waals surface area contributed by atoms with Gasteiger partial charge in [-0.2, -0.15) is 5.10 Å². The molecule has 0 bridgehead atoms. The standard InChI is InChI=1S/C36H49ClN6O2/c1-5-6-7-8-9-10-11-12-13-14-15-16-24-38-34(44)26-20-22-27(23-21-26)35(45)39-29-19-17-18-28(25-29)32-40-33-30(37)31(36(2,3)4)41-43(33)42-32/h17-23,25H,5-16,24H2,1-4H3,(H,38,44)(H,39,45)(H,40,42). The average molecular weight is 633 g/mol. The third kappa shape index (κ3) is 9.92. The number of aromatic nitrogens is 4. The first-order chi connectivity index (χ1) is 21.7. The zero-order valence-corrected chi connectivity index (χ0v) is 28.1. The van der Waals surface area contributed by atoms with Crippen LogP contribution in [0.3, 0.4) is 0 Å². The van der Waals surface area contributed by atoms with Gasteiger partial charge in [0.25, 0.3) is 11.8 Å². The molecule has 242 valence electrons. The highest BCUT2D eigenvalue weighted by atomic mass is 35.5. The van der Waals surface area contributed by atoms with Crippen molar-refractivity contribution in [2.24, 2.45) is 0 Å². The Morgan fingerprint density at radius 1 is 0.800 bits per heavy atom. The van der Waals surface area contributed by atoms with E-state index in [1.807, 2.05) is 24.3 Å². The number of hydrogen-bond donors (Lipinski definition) is 3. The molecule has 2 heterocycles. The molecule has 2 aromatic heterocycles. The lowest BCUT2D eigenvalue weighted by Crippen LogP contribution is -2.24. The summed E-state index contributed by atoms with van der Waals surface area (Å²) >= 11 is 6.58. The van der Waals surface area contributed by atoms with Crippen molar-refractivity contribution in [1.82, 2.24) is 25.1 Å². The Morgan fingerprint density at radius 3 is 1.96 bits per heavy atom. The Labute approximate surface area is 272 Å². The monoisotopic (exact) mass is 632 g/mol. The number of hydrogen-bond acceptors (Lipinski definition) is 4. The van der Waals surface area contributed by atoms with E-state index in [1.54, 1.807) is 24.3 Å². The molecule has 0 aliphatic heterocycles. The molecule has 0 atom stereocenters. The normalized spacial score (nSPS) is 11.7. The molecule has 0 unspecified atom stereocenters. The summed E-state index contributed by atoms with van der Waals surface area (Å²) in [6.07, 6.45) is 15.5. The summed E-state index contributed by atoms with van der Waals surface area (Å²) in [4.78, 5) is 28.8. The van der Waals surface area contributed by atoms with Gasteiger partial charge in [0.1, 0.15) is 5.02 Å². The number of H-pyrrole nitrogens is 1. The molecule has 4 rings (SSSR count). The summed E-state index contributed by atoms with van der Waals surface area (Å²) in [5, 5.41) is 15.6. The van der Waals surface area contributed by atoms with E-state index in [0.29, 0.717) is 39.9 Å². The average Bonchev–Trinajstić information content (AvgIpc) is 3.59. The minimum absolute atomic E-state index is 0.114. The van der Waals surface area contributed by atoms with Crippen LogP contribution in [-0.2, 0) is 5.41 Å². The van der Waals surface area contributed by atoms with E-state index < -0.39 is 0 Å². The van der Waals surface area contributed by atoms with Gasteiger partial charge < -0.3 is 15.6 Å². The Kier molecular flexibility index (Phi) is 12.6. The number of carbonyl (C=O) groups is 2. The minimum Gasteiger partial charge on any atom is -0.352 e. The number of rotatable bonds is 17. The van der Waals surface area contributed by atoms with Crippen molar-refractivity contribution in [2.45, 2.75) is 110 Å². The third-order valence-electron chi connectivity index (χ3n) is 8.07. The van der Waals surface area contributed by atoms with Crippen molar-refractivity contribution in [3.05, 3.63) is 70.4 Å². The summed E-state index contributed by atoms with van der Waals surface area (Å²) in [6.45, 7) is 9.08. The van der Waals surface area contributed by atoms with E-state index in [2.05, 4.69) is 53.5 Å². The molecular formula is C36H49ClN6O2. The predicted octanol–water partition coefficient (Wildman–Crippen LogP) is 9.36. The van der Waals surface area contributed by atoms with Crippen LogP contribution in [0.1, 0.15) is 131 Å². The first-order valence-corrected chi connectivity index (χ1v) is 17.0. The molecule has 0 saturated carbocycles. The highest BCUT2D eigenvalue weighted by Gasteiger charge is 2.25. The number of benzene rings is 2. The Morgan fingerprint density at radius 2 is 1.38 bits per heavy atom. The second-order valence-electron chi connectivity index (χ2n) is 13.0. The lowest BCUT2D eigenvalue weighted by atomic mass is 9.92. The molecule has 4 aromatic rings. The van der Waals surface area contributed by atoms with E-state index in [9.17, 15) is 9.59 Å². The van der Waals surface area contributed by atoms with Crippen LogP contribution in [0.4, 0.5) is 5.69 Å². The zero-order valence-electron chi connectivity index (χ0n) is 27.3. The van der Waals surface area contributed by atoms with Crippen molar-refractivity contribution in [2.75, 3.05) is 11.9 Å². The van der Waals surface area contributed by atoms with E-state index >= 15 is 0 Å². The smallest absolute Gasteiger partial charge is 0.255 e. The van der Waals surface area contributed by atoms with Gasteiger partial charge in [-0.3, -0.25) is 9.59 Å². The fourth-order valence-corrected chi connectivity index (χ4v) is 5.84. The highest BCUT2D eigenvalue weighted by molar-refractivity contribution is 6.34. The van der Waals surface area contributed by atoms with Crippen LogP contribution in [0, 0.1) is 0 Å². The largest absolute Gasteiger partial charge is 0.352 e. The molecule has 0 spiro atoms. The maximum absolute atomic E-state index is 13.0. The van der Waals surface area contributed by atoms with Gasteiger partial charge in [-0.05, 0) is 42.8 Å². The first kappa shape index (κ1) is 34.2. The van der Waals surface area contributed by atoms with E-state index in [4.69, 9.17) is 11.6 Å². The van der Waals surface area contributed by atoms with Crippen LogP contribution >= 0.6 is 11.6 Å². The molecular weight excluding hydrogens is 584 g/mol. The van der Waals surface area contributed by atoms with Crippen LogP contribution in [-0.4, -0.2) is 38.2 Å². The molecule has 8 nitrogen and oxygen atoms in total. The molecule has 9 heteroatoms. The molecule has 3 N–H and O–H groups in total. The number of carbonyl (C=O) groups excluding carboxylic acids is 2. The molecule has 45 heavy (non-hydrogen) atoms. The van der Waals surface area contributed by atoms with Gasteiger partial charge >= 0.3 is 0 Å². The van der Waals surface area contributed by atoms with Crippen molar-refractivity contribution in [1.29, 1.82) is 0 Å². The van der Waals surface area contributed by atoms with Crippen LogP contribution in [0.5, 0.6) is 0 Å². The summed E-state index contributed by atoms with van der Waals surface area (Å²) < 4.78 is 1.51. The van der Waals surface area contributed by atoms with Crippen molar-refractivity contribution < 1.29 is 9.59 Å². The van der Waals surface area contributed by atoms with Gasteiger partial charge in [0, 0.05) is 34.3 Å². The molecule has 2 aromatic carbocycles. The first-order valence-electron chi connectivity index (χ1n) is 16.6. The van der Waals surface area contributed by atoms with Gasteiger partial charge in [-0.15, -0.1) is 9.73 Å².